The molecule has 23 heavy (non-hydrogen) atoms. The van der Waals surface area contributed by atoms with Gasteiger partial charge in [-0.2, -0.15) is 0 Å². The molecule has 1 aromatic carbocycles. The maximum Gasteiger partial charge on any atom is 0.337 e. The number of carbonyl (C=O) groups is 1. The molecular weight excluding hydrogens is 292 g/mol. The number of ether oxygens (including phenoxy) is 1. The van der Waals surface area contributed by atoms with Crippen LogP contribution >= 0.6 is 0 Å². The number of quaternary nitrogens is 1. The molecule has 2 N–H and O–H groups in total. The van der Waals surface area contributed by atoms with Gasteiger partial charge in [0.05, 0.1) is 31.8 Å². The minimum atomic E-state index is -0.431. The Morgan fingerprint density at radius 1 is 1.35 bits per heavy atom. The van der Waals surface area contributed by atoms with Crippen LogP contribution < -0.4 is 10.3 Å². The molecule has 1 aromatic heterocycles. The molecule has 0 aliphatic carbocycles. The van der Waals surface area contributed by atoms with Gasteiger partial charge < -0.3 is 14.6 Å². The van der Waals surface area contributed by atoms with Gasteiger partial charge >= 0.3 is 5.97 Å². The van der Waals surface area contributed by atoms with Crippen molar-refractivity contribution >= 4 is 16.9 Å². The first-order chi connectivity index (χ1) is 11.0. The summed E-state index contributed by atoms with van der Waals surface area (Å²) in [7, 11) is 3.44. The number of H-pyrrole nitrogens is 1. The molecular formula is C18H25N2O3+. The number of fused-ring (bicyclic) bond motifs is 1. The minimum absolute atomic E-state index is 0.00199. The van der Waals surface area contributed by atoms with Gasteiger partial charge in [-0.3, -0.25) is 4.79 Å². The van der Waals surface area contributed by atoms with Crippen molar-refractivity contribution in [2.24, 2.45) is 0 Å². The van der Waals surface area contributed by atoms with Gasteiger partial charge in [0, 0.05) is 16.6 Å². The SMILES string of the molecule is CCCC[NH+](C)Cc1c(C)[nH]c2ccc(C(=O)OC)cc2c1=O. The lowest BCUT2D eigenvalue weighted by Gasteiger charge is -2.15. The fraction of sp³-hybridized carbons (Fsp3) is 0.444. The third-order valence-electron chi connectivity index (χ3n) is 4.17. The van der Waals surface area contributed by atoms with Gasteiger partial charge in [-0.25, -0.2) is 4.79 Å². The van der Waals surface area contributed by atoms with Gasteiger partial charge in [0.15, 0.2) is 5.43 Å². The van der Waals surface area contributed by atoms with E-state index < -0.39 is 5.97 Å². The summed E-state index contributed by atoms with van der Waals surface area (Å²) in [6.07, 6.45) is 2.29. The molecule has 0 saturated carbocycles. The number of methoxy groups -OCH3 is 1. The number of unbranched alkanes of at least 4 members (excludes halogenated alkanes) is 1. The Kier molecular flexibility index (Phi) is 5.55. The van der Waals surface area contributed by atoms with Gasteiger partial charge in [-0.15, -0.1) is 0 Å². The molecule has 5 nitrogen and oxygen atoms in total. The molecule has 124 valence electrons. The first kappa shape index (κ1) is 17.2. The van der Waals surface area contributed by atoms with E-state index in [-0.39, 0.29) is 5.43 Å². The van der Waals surface area contributed by atoms with Crippen molar-refractivity contribution in [1.82, 2.24) is 4.98 Å². The fourth-order valence-electron chi connectivity index (χ4n) is 2.78. The maximum atomic E-state index is 12.8. The molecule has 0 aliphatic heterocycles. The van der Waals surface area contributed by atoms with E-state index in [1.165, 1.54) is 12.0 Å². The number of carbonyl (C=O) groups excluding carboxylic acids is 1. The van der Waals surface area contributed by atoms with E-state index >= 15 is 0 Å². The molecule has 1 unspecified atom stereocenters. The standard InChI is InChI=1S/C18H24N2O3/c1-5-6-9-20(3)11-15-12(2)19-16-8-7-13(18(22)23-4)10-14(16)17(15)21/h7-8,10H,5-6,9,11H2,1-4H3,(H,19,21)/p+1. The molecule has 1 atom stereocenters. The topological polar surface area (TPSA) is 63.6 Å². The van der Waals surface area contributed by atoms with Crippen LogP contribution in [0.1, 0.15) is 41.4 Å². The van der Waals surface area contributed by atoms with Crippen LogP contribution in [0.25, 0.3) is 10.9 Å². The maximum absolute atomic E-state index is 12.8. The average molecular weight is 317 g/mol. The first-order valence-electron chi connectivity index (χ1n) is 8.03. The van der Waals surface area contributed by atoms with E-state index in [0.29, 0.717) is 17.5 Å². The molecule has 0 saturated heterocycles. The zero-order valence-corrected chi connectivity index (χ0v) is 14.3. The number of hydrogen-bond acceptors (Lipinski definition) is 3. The van der Waals surface area contributed by atoms with Crippen molar-refractivity contribution in [3.05, 3.63) is 45.2 Å². The van der Waals surface area contributed by atoms with E-state index in [1.807, 2.05) is 6.92 Å². The number of aryl methyl sites for hydroxylation is 1. The van der Waals surface area contributed by atoms with E-state index in [2.05, 4.69) is 19.0 Å². The van der Waals surface area contributed by atoms with E-state index in [9.17, 15) is 9.59 Å². The second-order valence-electron chi connectivity index (χ2n) is 6.05. The Bertz CT molecular complexity index is 765. The molecule has 5 heteroatoms. The lowest BCUT2D eigenvalue weighted by atomic mass is 10.1. The summed E-state index contributed by atoms with van der Waals surface area (Å²) < 4.78 is 4.73. The van der Waals surface area contributed by atoms with Gasteiger partial charge in [0.1, 0.15) is 6.54 Å². The number of nitrogens with one attached hydrogen (secondary N) is 2. The Labute approximate surface area is 136 Å². The largest absolute Gasteiger partial charge is 0.465 e. The van der Waals surface area contributed by atoms with Crippen LogP contribution in [0.5, 0.6) is 0 Å². The number of hydrogen-bond donors (Lipinski definition) is 2. The molecule has 0 aliphatic rings. The highest BCUT2D eigenvalue weighted by Crippen LogP contribution is 2.14. The molecule has 0 radical (unpaired) electrons. The number of aromatic nitrogens is 1. The van der Waals surface area contributed by atoms with Gasteiger partial charge in [-0.05, 0) is 31.5 Å². The number of benzene rings is 1. The summed E-state index contributed by atoms with van der Waals surface area (Å²) in [6.45, 7) is 5.81. The summed E-state index contributed by atoms with van der Waals surface area (Å²) in [4.78, 5) is 29.1. The lowest BCUT2D eigenvalue weighted by Crippen LogP contribution is -3.07. The molecule has 1 heterocycles. The van der Waals surface area contributed by atoms with E-state index in [0.717, 1.165) is 36.2 Å². The Hall–Kier alpha value is -2.14. The third-order valence-corrected chi connectivity index (χ3v) is 4.17. The monoisotopic (exact) mass is 317 g/mol. The quantitative estimate of drug-likeness (QED) is 0.793. The molecule has 2 aromatic rings. The van der Waals surface area contributed by atoms with Crippen LogP contribution in [-0.2, 0) is 11.3 Å². The van der Waals surface area contributed by atoms with Crippen LogP contribution in [0.4, 0.5) is 0 Å². The van der Waals surface area contributed by atoms with Crippen molar-refractivity contribution in [2.45, 2.75) is 33.2 Å². The number of esters is 1. The normalized spacial score (nSPS) is 12.3. The van der Waals surface area contributed by atoms with E-state index in [1.54, 1.807) is 18.2 Å². The van der Waals surface area contributed by atoms with Crippen molar-refractivity contribution in [2.75, 3.05) is 20.7 Å². The molecule has 0 fully saturated rings. The third kappa shape index (κ3) is 3.79. The van der Waals surface area contributed by atoms with Gasteiger partial charge in [-0.1, -0.05) is 13.3 Å². The Morgan fingerprint density at radius 2 is 2.09 bits per heavy atom. The highest BCUT2D eigenvalue weighted by Gasteiger charge is 2.15. The zero-order valence-electron chi connectivity index (χ0n) is 14.3. The summed E-state index contributed by atoms with van der Waals surface area (Å²) >= 11 is 0. The van der Waals surface area contributed by atoms with Gasteiger partial charge in [0.25, 0.3) is 0 Å². The fourth-order valence-corrected chi connectivity index (χ4v) is 2.78. The predicted octanol–water partition coefficient (Wildman–Crippen LogP) is 1.44. The van der Waals surface area contributed by atoms with Crippen molar-refractivity contribution in [3.63, 3.8) is 0 Å². The first-order valence-corrected chi connectivity index (χ1v) is 8.03. The lowest BCUT2D eigenvalue weighted by molar-refractivity contribution is -0.894. The molecule has 0 amide bonds. The predicted molar refractivity (Wildman–Crippen MR) is 91.0 cm³/mol. The van der Waals surface area contributed by atoms with Crippen LogP contribution in [0, 0.1) is 6.92 Å². The number of rotatable bonds is 6. The highest BCUT2D eigenvalue weighted by molar-refractivity contribution is 5.94. The molecule has 2 rings (SSSR count). The van der Waals surface area contributed by atoms with E-state index in [4.69, 9.17) is 4.74 Å². The molecule has 0 bridgehead atoms. The Balaban J connectivity index is 2.45. The van der Waals surface area contributed by atoms with Crippen LogP contribution in [-0.4, -0.2) is 31.7 Å². The average Bonchev–Trinajstić information content (AvgIpc) is 2.55. The van der Waals surface area contributed by atoms with Crippen molar-refractivity contribution < 1.29 is 14.4 Å². The zero-order chi connectivity index (χ0) is 17.0. The van der Waals surface area contributed by atoms with Crippen LogP contribution in [0.15, 0.2) is 23.0 Å². The van der Waals surface area contributed by atoms with Crippen molar-refractivity contribution in [3.8, 4) is 0 Å². The summed E-state index contributed by atoms with van der Waals surface area (Å²) in [5.74, 6) is -0.431. The second-order valence-corrected chi connectivity index (χ2v) is 6.05. The highest BCUT2D eigenvalue weighted by atomic mass is 16.5. The summed E-state index contributed by atoms with van der Waals surface area (Å²) in [5.41, 5.74) is 2.82. The minimum Gasteiger partial charge on any atom is -0.465 e. The van der Waals surface area contributed by atoms with Gasteiger partial charge in [0.2, 0.25) is 0 Å². The van der Waals surface area contributed by atoms with Crippen LogP contribution in [0.2, 0.25) is 0 Å². The second kappa shape index (κ2) is 7.42. The summed E-state index contributed by atoms with van der Waals surface area (Å²) in [5, 5.41) is 0.539. The number of pyridine rings is 1. The molecule has 0 spiro atoms. The Morgan fingerprint density at radius 3 is 2.74 bits per heavy atom. The smallest absolute Gasteiger partial charge is 0.337 e. The van der Waals surface area contributed by atoms with Crippen LogP contribution in [0.3, 0.4) is 0 Å². The summed E-state index contributed by atoms with van der Waals surface area (Å²) in [6, 6.07) is 5.04. The van der Waals surface area contributed by atoms with Crippen molar-refractivity contribution in [1.29, 1.82) is 0 Å². The number of aromatic amines is 1.